The molecule has 92 valence electrons. The Labute approximate surface area is 96.6 Å². The summed E-state index contributed by atoms with van der Waals surface area (Å²) in [7, 11) is 1.44. The van der Waals surface area contributed by atoms with E-state index in [0.717, 1.165) is 10.9 Å². The molecule has 2 aromatic rings. The van der Waals surface area contributed by atoms with E-state index >= 15 is 0 Å². The monoisotopic (exact) mass is 243 g/mol. The van der Waals surface area contributed by atoms with Crippen LogP contribution < -0.4 is 0 Å². The number of furan rings is 1. The van der Waals surface area contributed by atoms with Crippen LogP contribution >= 0.6 is 0 Å². The van der Waals surface area contributed by atoms with Gasteiger partial charge in [0.25, 0.3) is 0 Å². The number of benzene rings is 1. The van der Waals surface area contributed by atoms with Crippen LogP contribution in [0.25, 0.3) is 11.0 Å². The number of alkyl halides is 3. The first-order valence-corrected chi connectivity index (χ1v) is 5.16. The number of halogens is 3. The molecule has 0 aliphatic carbocycles. The molecule has 0 amide bonds. The first-order valence-electron chi connectivity index (χ1n) is 5.16. The zero-order valence-electron chi connectivity index (χ0n) is 9.29. The van der Waals surface area contributed by atoms with Crippen LogP contribution in [-0.4, -0.2) is 24.7 Å². The Morgan fingerprint density at radius 3 is 2.65 bits per heavy atom. The molecule has 17 heavy (non-hydrogen) atoms. The second-order valence-corrected chi connectivity index (χ2v) is 4.04. The van der Waals surface area contributed by atoms with Crippen molar-refractivity contribution in [3.8, 4) is 0 Å². The lowest BCUT2D eigenvalue weighted by Crippen LogP contribution is -2.30. The lowest BCUT2D eigenvalue weighted by atomic mass is 10.2. The lowest BCUT2D eigenvalue weighted by molar-refractivity contribution is -0.144. The highest BCUT2D eigenvalue weighted by Gasteiger charge is 2.29. The Balaban J connectivity index is 2.13. The van der Waals surface area contributed by atoms with Crippen molar-refractivity contribution in [1.29, 1.82) is 0 Å². The predicted octanol–water partition coefficient (Wildman–Crippen LogP) is 3.43. The smallest absolute Gasteiger partial charge is 0.401 e. The number of fused-ring (bicyclic) bond motifs is 1. The SMILES string of the molecule is CN(Cc1coc2ccccc12)CC(F)(F)F. The van der Waals surface area contributed by atoms with Crippen molar-refractivity contribution < 1.29 is 17.6 Å². The van der Waals surface area contributed by atoms with E-state index in [9.17, 15) is 13.2 Å². The van der Waals surface area contributed by atoms with Crippen molar-refractivity contribution in [1.82, 2.24) is 4.90 Å². The van der Waals surface area contributed by atoms with Gasteiger partial charge in [0, 0.05) is 17.5 Å². The molecule has 1 aromatic heterocycles. The highest BCUT2D eigenvalue weighted by atomic mass is 19.4. The zero-order valence-corrected chi connectivity index (χ0v) is 9.29. The standard InChI is InChI=1S/C12H12F3NO/c1-16(8-12(13,14)15)6-9-7-17-11-5-3-2-4-10(9)11/h2-5,7H,6,8H2,1H3. The van der Waals surface area contributed by atoms with Gasteiger partial charge < -0.3 is 4.42 Å². The van der Waals surface area contributed by atoms with Gasteiger partial charge in [-0.15, -0.1) is 0 Å². The molecule has 0 spiro atoms. The average molecular weight is 243 g/mol. The third kappa shape index (κ3) is 3.00. The van der Waals surface area contributed by atoms with Crippen LogP contribution in [-0.2, 0) is 6.54 Å². The van der Waals surface area contributed by atoms with Crippen LogP contribution in [0.2, 0.25) is 0 Å². The first kappa shape index (κ1) is 12.0. The summed E-state index contributed by atoms with van der Waals surface area (Å²) in [6, 6.07) is 7.30. The van der Waals surface area contributed by atoms with Gasteiger partial charge in [-0.1, -0.05) is 18.2 Å². The van der Waals surface area contributed by atoms with Gasteiger partial charge >= 0.3 is 6.18 Å². The Morgan fingerprint density at radius 1 is 1.24 bits per heavy atom. The summed E-state index contributed by atoms with van der Waals surface area (Å²) in [4.78, 5) is 1.22. The number of hydrogen-bond acceptors (Lipinski definition) is 2. The molecule has 0 N–H and O–H groups in total. The maximum atomic E-state index is 12.2. The maximum Gasteiger partial charge on any atom is 0.401 e. The fraction of sp³-hybridized carbons (Fsp3) is 0.333. The minimum atomic E-state index is -4.17. The normalized spacial score (nSPS) is 12.5. The zero-order chi connectivity index (χ0) is 12.5. The summed E-state index contributed by atoms with van der Waals surface area (Å²) < 4.78 is 41.8. The quantitative estimate of drug-likeness (QED) is 0.821. The molecular weight excluding hydrogens is 231 g/mol. The Hall–Kier alpha value is -1.49. The summed E-state index contributed by atoms with van der Waals surface area (Å²) in [6.07, 6.45) is -2.66. The van der Waals surface area contributed by atoms with E-state index in [1.54, 1.807) is 6.07 Å². The molecule has 0 fully saturated rings. The summed E-state index contributed by atoms with van der Waals surface area (Å²) in [6.45, 7) is -0.705. The maximum absolute atomic E-state index is 12.2. The van der Waals surface area contributed by atoms with Crippen molar-refractivity contribution in [2.45, 2.75) is 12.7 Å². The molecule has 5 heteroatoms. The van der Waals surface area contributed by atoms with Gasteiger partial charge in [-0.05, 0) is 13.1 Å². The molecule has 0 aliphatic rings. The number of hydrogen-bond donors (Lipinski definition) is 0. The van der Waals surface area contributed by atoms with Crippen LogP contribution in [0.3, 0.4) is 0 Å². The van der Waals surface area contributed by atoms with Crippen LogP contribution in [0.15, 0.2) is 34.9 Å². The number of rotatable bonds is 3. The molecule has 0 bridgehead atoms. The number of para-hydroxylation sites is 1. The molecule has 0 aliphatic heterocycles. The van der Waals surface area contributed by atoms with Crippen LogP contribution in [0.4, 0.5) is 13.2 Å². The van der Waals surface area contributed by atoms with E-state index in [2.05, 4.69) is 0 Å². The van der Waals surface area contributed by atoms with Gasteiger partial charge in [-0.25, -0.2) is 0 Å². The van der Waals surface area contributed by atoms with Crippen LogP contribution in [0, 0.1) is 0 Å². The van der Waals surface area contributed by atoms with Crippen molar-refractivity contribution in [2.24, 2.45) is 0 Å². The minimum absolute atomic E-state index is 0.219. The van der Waals surface area contributed by atoms with Crippen molar-refractivity contribution >= 4 is 11.0 Å². The van der Waals surface area contributed by atoms with E-state index in [-0.39, 0.29) is 6.54 Å². The molecule has 0 atom stereocenters. The summed E-state index contributed by atoms with van der Waals surface area (Å²) in [5.41, 5.74) is 1.47. The fourth-order valence-corrected chi connectivity index (χ4v) is 1.81. The van der Waals surface area contributed by atoms with Gasteiger partial charge in [0.2, 0.25) is 0 Å². The van der Waals surface area contributed by atoms with Crippen LogP contribution in [0.1, 0.15) is 5.56 Å². The van der Waals surface area contributed by atoms with E-state index in [4.69, 9.17) is 4.42 Å². The predicted molar refractivity (Wildman–Crippen MR) is 58.6 cm³/mol. The van der Waals surface area contributed by atoms with Gasteiger partial charge in [0.05, 0.1) is 12.8 Å². The molecule has 2 nitrogen and oxygen atoms in total. The van der Waals surface area contributed by atoms with E-state index in [0.29, 0.717) is 5.58 Å². The Kier molecular flexibility index (Phi) is 3.11. The molecule has 0 saturated carbocycles. The van der Waals surface area contributed by atoms with Crippen molar-refractivity contribution in [3.05, 3.63) is 36.1 Å². The van der Waals surface area contributed by atoms with Crippen LogP contribution in [0.5, 0.6) is 0 Å². The first-order chi connectivity index (χ1) is 7.96. The highest BCUT2D eigenvalue weighted by molar-refractivity contribution is 5.80. The molecule has 2 rings (SSSR count). The molecule has 1 heterocycles. The topological polar surface area (TPSA) is 16.4 Å². The largest absolute Gasteiger partial charge is 0.464 e. The Bertz CT molecular complexity index is 504. The molecule has 1 aromatic carbocycles. The van der Waals surface area contributed by atoms with E-state index in [1.165, 1.54) is 18.2 Å². The fourth-order valence-electron chi connectivity index (χ4n) is 1.81. The molecule has 0 saturated heterocycles. The van der Waals surface area contributed by atoms with Gasteiger partial charge in [-0.3, -0.25) is 4.90 Å². The summed E-state index contributed by atoms with van der Waals surface area (Å²) in [5, 5.41) is 0.863. The number of nitrogens with zero attached hydrogens (tertiary/aromatic N) is 1. The summed E-state index contributed by atoms with van der Waals surface area (Å²) in [5.74, 6) is 0. The highest BCUT2D eigenvalue weighted by Crippen LogP contribution is 2.23. The van der Waals surface area contributed by atoms with E-state index < -0.39 is 12.7 Å². The second kappa shape index (κ2) is 4.41. The molecule has 0 radical (unpaired) electrons. The van der Waals surface area contributed by atoms with E-state index in [1.807, 2.05) is 18.2 Å². The van der Waals surface area contributed by atoms with Crippen molar-refractivity contribution in [3.63, 3.8) is 0 Å². The third-order valence-corrected chi connectivity index (χ3v) is 2.45. The minimum Gasteiger partial charge on any atom is -0.464 e. The summed E-state index contributed by atoms with van der Waals surface area (Å²) >= 11 is 0. The third-order valence-electron chi connectivity index (χ3n) is 2.45. The molecule has 0 unspecified atom stereocenters. The Morgan fingerprint density at radius 2 is 1.94 bits per heavy atom. The van der Waals surface area contributed by atoms with Gasteiger partial charge in [0.15, 0.2) is 0 Å². The lowest BCUT2D eigenvalue weighted by Gasteiger charge is -2.17. The second-order valence-electron chi connectivity index (χ2n) is 4.04. The van der Waals surface area contributed by atoms with Crippen molar-refractivity contribution in [2.75, 3.05) is 13.6 Å². The van der Waals surface area contributed by atoms with Gasteiger partial charge in [0.1, 0.15) is 5.58 Å². The molecular formula is C12H12F3NO. The van der Waals surface area contributed by atoms with Gasteiger partial charge in [-0.2, -0.15) is 13.2 Å². The average Bonchev–Trinajstić information content (AvgIpc) is 2.59.